The molecule has 88 valence electrons. The fourth-order valence-corrected chi connectivity index (χ4v) is 2.45. The molecule has 0 fully saturated rings. The van der Waals surface area contributed by atoms with Crippen LogP contribution in [-0.2, 0) is 6.42 Å². The van der Waals surface area contributed by atoms with E-state index in [1.807, 2.05) is 13.0 Å². The fourth-order valence-electron chi connectivity index (χ4n) is 2.45. The Kier molecular flexibility index (Phi) is 3.44. The molecular weight excluding hydrogens is 205 g/mol. The van der Waals surface area contributed by atoms with Gasteiger partial charge < -0.3 is 10.0 Å². The van der Waals surface area contributed by atoms with Gasteiger partial charge in [0.05, 0.1) is 0 Å². The molecule has 0 aromatic heterocycles. The normalized spacial score (nSPS) is 15.1. The Morgan fingerprint density at radius 3 is 3.00 bits per heavy atom. The van der Waals surface area contributed by atoms with Gasteiger partial charge in [0.2, 0.25) is 0 Å². The highest BCUT2D eigenvalue weighted by molar-refractivity contribution is 5.61. The summed E-state index contributed by atoms with van der Waals surface area (Å²) >= 11 is 0. The predicted octanol–water partition coefficient (Wildman–Crippen LogP) is 2.27. The number of aliphatic hydroxyl groups excluding tert-OH is 1. The van der Waals surface area contributed by atoms with Crippen molar-refractivity contribution >= 4 is 5.69 Å². The molecule has 1 N–H and O–H groups in total. The van der Waals surface area contributed by atoms with E-state index in [1.54, 1.807) is 6.07 Å². The maximum absolute atomic E-state index is 13.7. The first kappa shape index (κ1) is 11.4. The highest BCUT2D eigenvalue weighted by Gasteiger charge is 2.21. The van der Waals surface area contributed by atoms with E-state index in [4.69, 9.17) is 5.11 Å². The summed E-state index contributed by atoms with van der Waals surface area (Å²) in [4.78, 5) is 2.20. The zero-order chi connectivity index (χ0) is 11.5. The van der Waals surface area contributed by atoms with Crippen LogP contribution >= 0.6 is 0 Å². The summed E-state index contributed by atoms with van der Waals surface area (Å²) in [6.45, 7) is 4.00. The van der Waals surface area contributed by atoms with Gasteiger partial charge in [-0.1, -0.05) is 6.07 Å². The molecule has 1 heterocycles. The van der Waals surface area contributed by atoms with Crippen LogP contribution in [0.15, 0.2) is 12.1 Å². The minimum absolute atomic E-state index is 0.0886. The van der Waals surface area contributed by atoms with Gasteiger partial charge in [-0.15, -0.1) is 0 Å². The van der Waals surface area contributed by atoms with E-state index < -0.39 is 0 Å². The highest BCUT2D eigenvalue weighted by Crippen LogP contribution is 2.32. The lowest BCUT2D eigenvalue weighted by Crippen LogP contribution is -2.32. The largest absolute Gasteiger partial charge is 0.396 e. The summed E-state index contributed by atoms with van der Waals surface area (Å²) in [7, 11) is 0. The number of aliphatic hydroxyl groups is 1. The SMILES string of the molecule is Cc1ccc(F)c2c1N(CCCO)CCC2. The maximum Gasteiger partial charge on any atom is 0.128 e. The quantitative estimate of drug-likeness (QED) is 0.849. The molecule has 0 amide bonds. The monoisotopic (exact) mass is 223 g/mol. The average molecular weight is 223 g/mol. The van der Waals surface area contributed by atoms with Crippen molar-refractivity contribution in [3.63, 3.8) is 0 Å². The van der Waals surface area contributed by atoms with Crippen molar-refractivity contribution in [1.82, 2.24) is 0 Å². The molecule has 0 aliphatic carbocycles. The number of nitrogens with zero attached hydrogens (tertiary/aromatic N) is 1. The van der Waals surface area contributed by atoms with Crippen LogP contribution in [0, 0.1) is 12.7 Å². The standard InChI is InChI=1S/C13H18FNO/c1-10-5-6-12(14)11-4-2-7-15(13(10)11)8-3-9-16/h5-6,16H,2-4,7-9H2,1H3. The van der Waals surface area contributed by atoms with Crippen molar-refractivity contribution in [2.75, 3.05) is 24.6 Å². The molecule has 1 aromatic rings. The minimum Gasteiger partial charge on any atom is -0.396 e. The number of aryl methyl sites for hydroxylation is 1. The third-order valence-corrected chi connectivity index (χ3v) is 3.18. The first-order valence-corrected chi connectivity index (χ1v) is 5.88. The van der Waals surface area contributed by atoms with E-state index in [1.165, 1.54) is 0 Å². The van der Waals surface area contributed by atoms with Gasteiger partial charge in [-0.05, 0) is 37.8 Å². The van der Waals surface area contributed by atoms with E-state index >= 15 is 0 Å². The zero-order valence-electron chi connectivity index (χ0n) is 9.67. The molecule has 0 saturated heterocycles. The van der Waals surface area contributed by atoms with Gasteiger partial charge in [0, 0.05) is 30.9 Å². The minimum atomic E-state index is -0.0886. The number of hydrogen-bond donors (Lipinski definition) is 1. The summed E-state index contributed by atoms with van der Waals surface area (Å²) in [6, 6.07) is 3.40. The Balaban J connectivity index is 2.33. The van der Waals surface area contributed by atoms with Crippen molar-refractivity contribution in [2.45, 2.75) is 26.2 Å². The molecule has 16 heavy (non-hydrogen) atoms. The van der Waals surface area contributed by atoms with Crippen LogP contribution in [0.1, 0.15) is 24.0 Å². The van der Waals surface area contributed by atoms with Crippen LogP contribution in [0.2, 0.25) is 0 Å². The summed E-state index contributed by atoms with van der Waals surface area (Å²) in [5.74, 6) is -0.0886. The maximum atomic E-state index is 13.7. The Morgan fingerprint density at radius 1 is 1.44 bits per heavy atom. The van der Waals surface area contributed by atoms with Gasteiger partial charge in [-0.25, -0.2) is 4.39 Å². The second-order valence-electron chi connectivity index (χ2n) is 4.36. The van der Waals surface area contributed by atoms with Crippen LogP contribution in [0.3, 0.4) is 0 Å². The van der Waals surface area contributed by atoms with E-state index in [0.29, 0.717) is 0 Å². The highest BCUT2D eigenvalue weighted by atomic mass is 19.1. The lowest BCUT2D eigenvalue weighted by Gasteiger charge is -2.33. The smallest absolute Gasteiger partial charge is 0.128 e. The zero-order valence-corrected chi connectivity index (χ0v) is 9.67. The van der Waals surface area contributed by atoms with Crippen LogP contribution in [-0.4, -0.2) is 24.8 Å². The van der Waals surface area contributed by atoms with Crippen LogP contribution in [0.25, 0.3) is 0 Å². The number of anilines is 1. The van der Waals surface area contributed by atoms with E-state index in [9.17, 15) is 4.39 Å². The van der Waals surface area contributed by atoms with E-state index in [2.05, 4.69) is 4.90 Å². The average Bonchev–Trinajstić information content (AvgIpc) is 2.31. The second-order valence-corrected chi connectivity index (χ2v) is 4.36. The number of benzene rings is 1. The Hall–Kier alpha value is -1.09. The molecule has 0 saturated carbocycles. The molecule has 1 aromatic carbocycles. The van der Waals surface area contributed by atoms with Crippen LogP contribution < -0.4 is 4.90 Å². The topological polar surface area (TPSA) is 23.5 Å². The fraction of sp³-hybridized carbons (Fsp3) is 0.538. The van der Waals surface area contributed by atoms with Gasteiger partial charge >= 0.3 is 0 Å². The lowest BCUT2D eigenvalue weighted by atomic mass is 9.97. The van der Waals surface area contributed by atoms with Crippen LogP contribution in [0.5, 0.6) is 0 Å². The van der Waals surface area contributed by atoms with Crippen molar-refractivity contribution in [1.29, 1.82) is 0 Å². The van der Waals surface area contributed by atoms with Crippen molar-refractivity contribution in [3.8, 4) is 0 Å². The Morgan fingerprint density at radius 2 is 2.25 bits per heavy atom. The van der Waals surface area contributed by atoms with Crippen molar-refractivity contribution in [2.24, 2.45) is 0 Å². The summed E-state index contributed by atoms with van der Waals surface area (Å²) < 4.78 is 13.7. The summed E-state index contributed by atoms with van der Waals surface area (Å²) in [6.07, 6.45) is 2.58. The van der Waals surface area contributed by atoms with Crippen LogP contribution in [0.4, 0.5) is 10.1 Å². The number of rotatable bonds is 3. The molecule has 3 heteroatoms. The summed E-state index contributed by atoms with van der Waals surface area (Å²) in [5.41, 5.74) is 3.04. The molecule has 0 spiro atoms. The second kappa shape index (κ2) is 4.83. The molecule has 0 atom stereocenters. The third kappa shape index (κ3) is 2.05. The number of fused-ring (bicyclic) bond motifs is 1. The molecule has 1 aliphatic heterocycles. The molecule has 1 aliphatic rings. The Bertz CT molecular complexity index is 378. The first-order valence-electron chi connectivity index (χ1n) is 5.88. The molecule has 0 unspecified atom stereocenters. The summed E-state index contributed by atoms with van der Waals surface area (Å²) in [5, 5.41) is 8.87. The van der Waals surface area contributed by atoms with Gasteiger partial charge in [0.1, 0.15) is 5.82 Å². The van der Waals surface area contributed by atoms with Gasteiger partial charge in [0.15, 0.2) is 0 Å². The molecule has 0 radical (unpaired) electrons. The Labute approximate surface area is 95.7 Å². The third-order valence-electron chi connectivity index (χ3n) is 3.18. The van der Waals surface area contributed by atoms with E-state index in [0.717, 1.165) is 49.2 Å². The molecule has 2 nitrogen and oxygen atoms in total. The van der Waals surface area contributed by atoms with Gasteiger partial charge in [0.25, 0.3) is 0 Å². The van der Waals surface area contributed by atoms with Crippen molar-refractivity contribution < 1.29 is 9.50 Å². The predicted molar refractivity (Wildman–Crippen MR) is 63.4 cm³/mol. The van der Waals surface area contributed by atoms with E-state index in [-0.39, 0.29) is 12.4 Å². The van der Waals surface area contributed by atoms with Gasteiger partial charge in [-0.3, -0.25) is 0 Å². The first-order chi connectivity index (χ1) is 7.74. The lowest BCUT2D eigenvalue weighted by molar-refractivity contribution is 0.289. The molecular formula is C13H18FNO. The number of halogens is 1. The van der Waals surface area contributed by atoms with Crippen molar-refractivity contribution in [3.05, 3.63) is 29.1 Å². The van der Waals surface area contributed by atoms with Gasteiger partial charge in [-0.2, -0.15) is 0 Å². The molecule has 0 bridgehead atoms. The molecule has 2 rings (SSSR count). The number of hydrogen-bond acceptors (Lipinski definition) is 2.